The van der Waals surface area contributed by atoms with E-state index in [0.717, 1.165) is 12.3 Å². The Morgan fingerprint density at radius 2 is 1.89 bits per heavy atom. The van der Waals surface area contributed by atoms with E-state index in [4.69, 9.17) is 16.3 Å². The molecule has 0 saturated carbocycles. The zero-order chi connectivity index (χ0) is 26.7. The van der Waals surface area contributed by atoms with E-state index in [1.54, 1.807) is 24.3 Å². The Morgan fingerprint density at radius 3 is 2.54 bits per heavy atom. The summed E-state index contributed by atoms with van der Waals surface area (Å²) in [4.78, 5) is 31.4. The second-order valence-electron chi connectivity index (χ2n) is 8.51. The molecule has 4 rings (SSSR count). The number of nitrogens with zero attached hydrogens (tertiary/aromatic N) is 2. The van der Waals surface area contributed by atoms with E-state index in [0.29, 0.717) is 16.1 Å². The Bertz CT molecular complexity index is 1440. The van der Waals surface area contributed by atoms with E-state index in [9.17, 15) is 18.0 Å². The van der Waals surface area contributed by atoms with Crippen LogP contribution in [0.25, 0.3) is 11.1 Å². The maximum Gasteiger partial charge on any atom is 0.323 e. The minimum Gasteiger partial charge on any atom is -0.380 e. The summed E-state index contributed by atoms with van der Waals surface area (Å²) in [5.74, 6) is -1.09. The van der Waals surface area contributed by atoms with Gasteiger partial charge in [-0.05, 0) is 35.9 Å². The van der Waals surface area contributed by atoms with Crippen LogP contribution in [0.2, 0.25) is 5.02 Å². The number of carbonyl (C=O) groups is 2. The van der Waals surface area contributed by atoms with E-state index in [1.165, 1.54) is 42.5 Å². The average molecular weight is 547 g/mol. The van der Waals surface area contributed by atoms with Gasteiger partial charge in [0, 0.05) is 38.1 Å². The molecule has 1 saturated heterocycles. The van der Waals surface area contributed by atoms with E-state index in [2.05, 4.69) is 15.6 Å². The third-order valence-electron chi connectivity index (χ3n) is 5.95. The van der Waals surface area contributed by atoms with Crippen LogP contribution < -0.4 is 10.6 Å². The monoisotopic (exact) mass is 546 g/mol. The molecular weight excluding hydrogens is 523 g/mol. The van der Waals surface area contributed by atoms with Crippen LogP contribution >= 0.6 is 11.6 Å². The van der Waals surface area contributed by atoms with Gasteiger partial charge in [-0.3, -0.25) is 10.1 Å². The fraction of sp³-hybridized carbons (Fsp3) is 0.240. The number of halogens is 2. The third-order valence-corrected chi connectivity index (χ3v) is 7.32. The molecule has 9 nitrogen and oxygen atoms in total. The third kappa shape index (κ3) is 6.07. The number of anilines is 2. The number of carbonyl (C=O) groups excluding carboxylic acids is 2. The number of nitrogens with one attached hydrogen (secondary N) is 2. The highest BCUT2D eigenvalue weighted by atomic mass is 35.5. The van der Waals surface area contributed by atoms with Crippen molar-refractivity contribution in [1.82, 2.24) is 9.88 Å². The first-order valence-electron chi connectivity index (χ1n) is 11.2. The number of aromatic nitrogens is 1. The predicted octanol–water partition coefficient (Wildman–Crippen LogP) is 4.20. The minimum absolute atomic E-state index is 0.0691. The molecule has 1 aliphatic heterocycles. The van der Waals surface area contributed by atoms with Gasteiger partial charge in [0.1, 0.15) is 17.7 Å². The van der Waals surface area contributed by atoms with E-state index < -0.39 is 33.6 Å². The number of likely N-dealkylation sites (tertiary alicyclic amines) is 1. The van der Waals surface area contributed by atoms with Crippen LogP contribution in [0, 0.1) is 5.82 Å². The van der Waals surface area contributed by atoms with Gasteiger partial charge in [0.25, 0.3) is 0 Å². The highest BCUT2D eigenvalue weighted by Gasteiger charge is 2.40. The van der Waals surface area contributed by atoms with Crippen molar-refractivity contribution < 1.29 is 27.1 Å². The highest BCUT2D eigenvalue weighted by Crippen LogP contribution is 2.30. The summed E-state index contributed by atoms with van der Waals surface area (Å²) in [5, 5.41) is 5.56. The normalized spacial score (nSPS) is 17.5. The van der Waals surface area contributed by atoms with Gasteiger partial charge in [0.15, 0.2) is 9.84 Å². The number of urea groups is 1. The van der Waals surface area contributed by atoms with Crippen molar-refractivity contribution in [1.29, 1.82) is 0 Å². The van der Waals surface area contributed by atoms with Crippen molar-refractivity contribution in [3.05, 3.63) is 71.6 Å². The van der Waals surface area contributed by atoms with Crippen LogP contribution in [0.3, 0.4) is 0 Å². The zero-order valence-electron chi connectivity index (χ0n) is 19.9. The van der Waals surface area contributed by atoms with Crippen LogP contribution in [-0.4, -0.2) is 62.3 Å². The molecule has 2 N–H and O–H groups in total. The lowest BCUT2D eigenvalue weighted by Crippen LogP contribution is -2.45. The van der Waals surface area contributed by atoms with Gasteiger partial charge in [-0.25, -0.2) is 22.6 Å². The van der Waals surface area contributed by atoms with Crippen molar-refractivity contribution in [2.75, 3.05) is 30.5 Å². The van der Waals surface area contributed by atoms with Gasteiger partial charge in [0.05, 0.1) is 21.7 Å². The number of rotatable bonds is 6. The fourth-order valence-corrected chi connectivity index (χ4v) is 5.12. The summed E-state index contributed by atoms with van der Waals surface area (Å²) < 4.78 is 44.6. The van der Waals surface area contributed by atoms with Crippen LogP contribution in [0.1, 0.15) is 6.42 Å². The number of sulfone groups is 1. The minimum atomic E-state index is -3.54. The van der Waals surface area contributed by atoms with Crippen LogP contribution in [0.15, 0.2) is 65.7 Å². The number of amides is 3. The Labute approximate surface area is 218 Å². The Morgan fingerprint density at radius 1 is 1.14 bits per heavy atom. The van der Waals surface area contributed by atoms with Crippen molar-refractivity contribution in [3.63, 3.8) is 0 Å². The van der Waals surface area contributed by atoms with Gasteiger partial charge in [-0.2, -0.15) is 0 Å². The topological polar surface area (TPSA) is 118 Å². The molecule has 1 unspecified atom stereocenters. The first kappa shape index (κ1) is 26.5. The van der Waals surface area contributed by atoms with E-state index in [1.807, 2.05) is 0 Å². The summed E-state index contributed by atoms with van der Waals surface area (Å²) in [7, 11) is -2.06. The average Bonchev–Trinajstić information content (AvgIpc) is 3.31. The SMILES string of the molecule is COC1C[C@H](C(=O)Nc2ccc(-c3ccccc3S(C)(=O)=O)cc2F)N(C(=O)Nc2ccc(Cl)cn2)C1. The van der Waals surface area contributed by atoms with E-state index >= 15 is 4.39 Å². The van der Waals surface area contributed by atoms with Gasteiger partial charge in [-0.15, -0.1) is 0 Å². The predicted molar refractivity (Wildman–Crippen MR) is 138 cm³/mol. The molecule has 3 amide bonds. The molecule has 1 aromatic heterocycles. The van der Waals surface area contributed by atoms with Crippen LogP contribution in [0.4, 0.5) is 20.7 Å². The first-order valence-corrected chi connectivity index (χ1v) is 13.5. The summed E-state index contributed by atoms with van der Waals surface area (Å²) in [6.45, 7) is 0.151. The molecule has 0 aliphatic carbocycles. The summed E-state index contributed by atoms with van der Waals surface area (Å²) in [6, 6.07) is 11.9. The number of hydrogen-bond donors (Lipinski definition) is 2. The number of hydrogen-bond acceptors (Lipinski definition) is 6. The maximum absolute atomic E-state index is 15.0. The first-order chi connectivity index (χ1) is 17.6. The highest BCUT2D eigenvalue weighted by molar-refractivity contribution is 7.90. The number of ether oxygens (including phenoxy) is 1. The van der Waals surface area contributed by atoms with Crippen molar-refractivity contribution in [3.8, 4) is 11.1 Å². The summed E-state index contributed by atoms with van der Waals surface area (Å²) >= 11 is 5.83. The molecule has 3 aromatic rings. The van der Waals surface area contributed by atoms with Gasteiger partial charge < -0.3 is 15.0 Å². The van der Waals surface area contributed by atoms with Crippen LogP contribution in [0.5, 0.6) is 0 Å². The fourth-order valence-electron chi connectivity index (χ4n) is 4.10. The lowest BCUT2D eigenvalue weighted by atomic mass is 10.0. The quantitative estimate of drug-likeness (QED) is 0.478. The molecule has 37 heavy (non-hydrogen) atoms. The molecule has 2 heterocycles. The Kier molecular flexibility index (Phi) is 7.76. The molecule has 194 valence electrons. The lowest BCUT2D eigenvalue weighted by Gasteiger charge is -2.24. The molecule has 2 atom stereocenters. The number of pyridine rings is 1. The Balaban J connectivity index is 1.53. The summed E-state index contributed by atoms with van der Waals surface area (Å²) in [5.41, 5.74) is 0.582. The maximum atomic E-state index is 15.0. The zero-order valence-corrected chi connectivity index (χ0v) is 21.5. The summed E-state index contributed by atoms with van der Waals surface area (Å²) in [6.07, 6.45) is 2.28. The second-order valence-corrected chi connectivity index (χ2v) is 10.9. The Hall–Kier alpha value is -3.54. The molecule has 1 fully saturated rings. The van der Waals surface area contributed by atoms with Crippen molar-refractivity contribution >= 4 is 44.9 Å². The smallest absolute Gasteiger partial charge is 0.323 e. The largest absolute Gasteiger partial charge is 0.380 e. The van der Waals surface area contributed by atoms with Gasteiger partial charge in [-0.1, -0.05) is 35.9 Å². The van der Waals surface area contributed by atoms with Crippen molar-refractivity contribution in [2.24, 2.45) is 0 Å². The molecule has 12 heteroatoms. The lowest BCUT2D eigenvalue weighted by molar-refractivity contribution is -0.119. The molecule has 1 aliphatic rings. The molecule has 0 bridgehead atoms. The van der Waals surface area contributed by atoms with Gasteiger partial charge >= 0.3 is 6.03 Å². The van der Waals surface area contributed by atoms with Crippen molar-refractivity contribution in [2.45, 2.75) is 23.5 Å². The van der Waals surface area contributed by atoms with Crippen LogP contribution in [-0.2, 0) is 19.4 Å². The molecule has 2 aromatic carbocycles. The molecule has 0 radical (unpaired) electrons. The van der Waals surface area contributed by atoms with E-state index in [-0.39, 0.29) is 35.5 Å². The number of methoxy groups -OCH3 is 1. The van der Waals surface area contributed by atoms with Gasteiger partial charge in [0.2, 0.25) is 5.91 Å². The molecule has 0 spiro atoms. The molecular formula is C25H24ClFN4O5S. The second kappa shape index (κ2) is 10.8. The standard InChI is InChI=1S/C25H24ClFN4O5S/c1-36-17-12-21(31(14-17)25(33)30-23-10-8-16(26)13-28-23)24(32)29-20-9-7-15(11-19(20)27)18-5-3-4-6-22(18)37(2,34)35/h3-11,13,17,21H,12,14H2,1-2H3,(H,29,32)(H,28,30,33)/t17?,21-/m1/s1. The number of benzene rings is 2.